The van der Waals surface area contributed by atoms with E-state index in [0.717, 1.165) is 5.56 Å². The summed E-state index contributed by atoms with van der Waals surface area (Å²) in [6.07, 6.45) is 1.66. The van der Waals surface area contributed by atoms with Gasteiger partial charge in [-0.3, -0.25) is 4.79 Å². The Morgan fingerprint density at radius 3 is 2.21 bits per heavy atom. The van der Waals surface area contributed by atoms with Crippen molar-refractivity contribution in [2.75, 3.05) is 5.75 Å². The monoisotopic (exact) mass is 416 g/mol. The summed E-state index contributed by atoms with van der Waals surface area (Å²) in [5, 5.41) is 4.38. The van der Waals surface area contributed by atoms with Crippen molar-refractivity contribution in [3.05, 3.63) is 70.3 Å². The van der Waals surface area contributed by atoms with Crippen molar-refractivity contribution in [3.8, 4) is 0 Å². The second kappa shape index (κ2) is 7.53. The lowest BCUT2D eigenvalue weighted by atomic mass is 9.86. The number of sulfone groups is 1. The molecule has 5 nitrogen and oxygen atoms in total. The molecule has 1 aliphatic rings. The van der Waals surface area contributed by atoms with Crippen molar-refractivity contribution < 1.29 is 13.2 Å². The van der Waals surface area contributed by atoms with Gasteiger partial charge in [0.2, 0.25) is 0 Å². The molecule has 1 aliphatic heterocycles. The first-order valence-electron chi connectivity index (χ1n) is 8.74. The highest BCUT2D eigenvalue weighted by molar-refractivity contribution is 7.92. The fourth-order valence-electron chi connectivity index (χ4n) is 2.78. The summed E-state index contributed by atoms with van der Waals surface area (Å²) in [5.41, 5.74) is 4.80. The molecule has 1 amide bonds. The zero-order chi connectivity index (χ0) is 20.5. The van der Waals surface area contributed by atoms with E-state index in [0.29, 0.717) is 5.02 Å². The maximum Gasteiger partial charge on any atom is 0.273 e. The third-order valence-electron chi connectivity index (χ3n) is 4.44. The van der Waals surface area contributed by atoms with Gasteiger partial charge in [-0.1, -0.05) is 56.6 Å². The van der Waals surface area contributed by atoms with Gasteiger partial charge in [-0.05, 0) is 46.9 Å². The molecule has 28 heavy (non-hydrogen) atoms. The molecular weight excluding hydrogens is 396 g/mol. The van der Waals surface area contributed by atoms with Crippen LogP contribution in [0, 0.1) is 0 Å². The first-order valence-corrected chi connectivity index (χ1v) is 10.8. The topological polar surface area (TPSA) is 75.6 Å². The normalized spacial score (nSPS) is 16.2. The Balaban J connectivity index is 1.87. The number of hydrazone groups is 1. The van der Waals surface area contributed by atoms with Gasteiger partial charge in [-0.15, -0.1) is 0 Å². The van der Waals surface area contributed by atoms with Crippen LogP contribution in [0.5, 0.6) is 0 Å². The number of halogens is 1. The third-order valence-corrected chi connectivity index (χ3v) is 6.33. The van der Waals surface area contributed by atoms with Crippen LogP contribution in [-0.4, -0.2) is 25.8 Å². The molecule has 0 saturated heterocycles. The minimum absolute atomic E-state index is 0.0235. The molecule has 0 fully saturated rings. The van der Waals surface area contributed by atoms with Crippen LogP contribution in [0.4, 0.5) is 0 Å². The first-order chi connectivity index (χ1) is 13.1. The molecule has 0 spiro atoms. The highest BCUT2D eigenvalue weighted by atomic mass is 35.5. The second-order valence-electron chi connectivity index (χ2n) is 7.64. The van der Waals surface area contributed by atoms with Gasteiger partial charge in [0.25, 0.3) is 5.91 Å². The van der Waals surface area contributed by atoms with E-state index in [1.807, 2.05) is 24.3 Å². The lowest BCUT2D eigenvalue weighted by Gasteiger charge is -2.18. The predicted molar refractivity (Wildman–Crippen MR) is 112 cm³/mol. The van der Waals surface area contributed by atoms with Gasteiger partial charge >= 0.3 is 0 Å². The third kappa shape index (κ3) is 4.51. The van der Waals surface area contributed by atoms with Crippen LogP contribution >= 0.6 is 11.6 Å². The quantitative estimate of drug-likeness (QED) is 0.766. The Morgan fingerprint density at radius 2 is 1.64 bits per heavy atom. The molecule has 0 bridgehead atoms. The zero-order valence-electron chi connectivity index (χ0n) is 15.9. The number of carbonyl (C=O) groups excluding carboxylic acids is 1. The second-order valence-corrected chi connectivity index (χ2v) is 10.1. The molecule has 0 aliphatic carbocycles. The Morgan fingerprint density at radius 1 is 1.04 bits per heavy atom. The molecule has 7 heteroatoms. The summed E-state index contributed by atoms with van der Waals surface area (Å²) in [4.78, 5) is 12.3. The van der Waals surface area contributed by atoms with E-state index in [2.05, 4.69) is 31.3 Å². The fourth-order valence-corrected chi connectivity index (χ4v) is 4.20. The fraction of sp³-hybridized carbons (Fsp3) is 0.238. The van der Waals surface area contributed by atoms with E-state index in [1.165, 1.54) is 29.8 Å². The van der Waals surface area contributed by atoms with E-state index in [9.17, 15) is 13.2 Å². The maximum absolute atomic E-state index is 12.7. The van der Waals surface area contributed by atoms with Crippen molar-refractivity contribution in [1.29, 1.82) is 0 Å². The van der Waals surface area contributed by atoms with Crippen LogP contribution < -0.4 is 5.43 Å². The molecule has 3 rings (SSSR count). The van der Waals surface area contributed by atoms with Crippen molar-refractivity contribution in [2.45, 2.75) is 31.1 Å². The Hall–Kier alpha value is -2.44. The maximum atomic E-state index is 12.7. The average Bonchev–Trinajstić information content (AvgIpc) is 2.94. The largest absolute Gasteiger partial charge is 0.273 e. The minimum Gasteiger partial charge on any atom is -0.267 e. The van der Waals surface area contributed by atoms with Crippen molar-refractivity contribution in [3.63, 3.8) is 0 Å². The van der Waals surface area contributed by atoms with Crippen molar-refractivity contribution in [2.24, 2.45) is 5.10 Å². The molecular formula is C21H21ClN2O3S. The van der Waals surface area contributed by atoms with Crippen LogP contribution in [0.2, 0.25) is 5.02 Å². The smallest absolute Gasteiger partial charge is 0.267 e. The van der Waals surface area contributed by atoms with Crippen LogP contribution in [0.25, 0.3) is 6.08 Å². The average molecular weight is 417 g/mol. The van der Waals surface area contributed by atoms with E-state index < -0.39 is 15.7 Å². The predicted octanol–water partition coefficient (Wildman–Crippen LogP) is 3.98. The van der Waals surface area contributed by atoms with Crippen molar-refractivity contribution in [1.82, 2.24) is 5.43 Å². The molecule has 0 aromatic heterocycles. The summed E-state index contributed by atoms with van der Waals surface area (Å²) in [5.74, 6) is -0.791. The summed E-state index contributed by atoms with van der Waals surface area (Å²) < 4.78 is 25.3. The highest BCUT2D eigenvalue weighted by Gasteiger charge is 2.28. The number of hydrogen-bond acceptors (Lipinski definition) is 4. The molecule has 146 valence electrons. The molecule has 2 aromatic rings. The lowest BCUT2D eigenvalue weighted by molar-refractivity contribution is -0.116. The van der Waals surface area contributed by atoms with E-state index in [4.69, 9.17) is 11.6 Å². The Bertz CT molecular complexity index is 1060. The van der Waals surface area contributed by atoms with E-state index in [1.54, 1.807) is 6.08 Å². The molecule has 0 saturated carbocycles. The number of carbonyl (C=O) groups is 1. The number of nitrogens with zero attached hydrogens (tertiary/aromatic N) is 1. The first kappa shape index (κ1) is 20.3. The number of nitrogens with one attached hydrogen (secondary N) is 1. The Labute approximate surface area is 170 Å². The number of benzene rings is 2. The van der Waals surface area contributed by atoms with Gasteiger partial charge in [-0.2, -0.15) is 5.10 Å². The molecule has 1 heterocycles. The molecule has 2 aromatic carbocycles. The summed E-state index contributed by atoms with van der Waals surface area (Å²) in [6, 6.07) is 13.7. The molecule has 1 N–H and O–H groups in total. The minimum atomic E-state index is -3.66. The van der Waals surface area contributed by atoms with Gasteiger partial charge in [0.05, 0.1) is 21.9 Å². The number of rotatable bonds is 4. The SMILES string of the molecule is CC(C)(C)c1ccc(C=C2C(=O)NN=C2CS(=O)(=O)c2ccc(Cl)cc2)cc1. The van der Waals surface area contributed by atoms with Crippen LogP contribution in [0.3, 0.4) is 0 Å². The zero-order valence-corrected chi connectivity index (χ0v) is 17.4. The summed E-state index contributed by atoms with van der Waals surface area (Å²) in [7, 11) is -3.66. The summed E-state index contributed by atoms with van der Waals surface area (Å²) in [6.45, 7) is 6.37. The van der Waals surface area contributed by atoms with Crippen LogP contribution in [0.15, 0.2) is 64.1 Å². The van der Waals surface area contributed by atoms with Crippen LogP contribution in [0.1, 0.15) is 31.9 Å². The van der Waals surface area contributed by atoms with E-state index >= 15 is 0 Å². The lowest BCUT2D eigenvalue weighted by Crippen LogP contribution is -2.19. The van der Waals surface area contributed by atoms with Gasteiger partial charge in [-0.25, -0.2) is 13.8 Å². The Kier molecular flexibility index (Phi) is 5.46. The van der Waals surface area contributed by atoms with Gasteiger partial charge in [0, 0.05) is 5.02 Å². The molecule has 0 unspecified atom stereocenters. The highest BCUT2D eigenvalue weighted by Crippen LogP contribution is 2.24. The van der Waals surface area contributed by atoms with Gasteiger partial charge in [0.1, 0.15) is 0 Å². The van der Waals surface area contributed by atoms with Crippen molar-refractivity contribution >= 4 is 39.1 Å². The molecule has 0 radical (unpaired) electrons. The van der Waals surface area contributed by atoms with Crippen LogP contribution in [-0.2, 0) is 20.0 Å². The van der Waals surface area contributed by atoms with Gasteiger partial charge in [0.15, 0.2) is 9.84 Å². The number of amides is 1. The van der Waals surface area contributed by atoms with Gasteiger partial charge < -0.3 is 0 Å². The standard InChI is InChI=1S/C21H21ClN2O3S/c1-21(2,3)15-6-4-14(5-7-15)12-18-19(23-24-20(18)25)13-28(26,27)17-10-8-16(22)9-11-17/h4-12H,13H2,1-3H3,(H,24,25). The van der Waals surface area contributed by atoms with E-state index in [-0.39, 0.29) is 27.3 Å². The number of hydrogen-bond donors (Lipinski definition) is 1. The molecule has 0 atom stereocenters. The summed E-state index contributed by atoms with van der Waals surface area (Å²) >= 11 is 5.82.